The molecular formula is C14H11BrN2OS2. The molecule has 0 fully saturated rings. The number of hydrogen-bond donors (Lipinski definition) is 0. The van der Waals surface area contributed by atoms with E-state index in [1.165, 1.54) is 21.3 Å². The van der Waals surface area contributed by atoms with Crippen molar-refractivity contribution in [1.29, 1.82) is 0 Å². The van der Waals surface area contributed by atoms with Crippen LogP contribution in [0.4, 0.5) is 0 Å². The maximum atomic E-state index is 5.46. The summed E-state index contributed by atoms with van der Waals surface area (Å²) in [4.78, 5) is 6.84. The first-order valence-corrected chi connectivity index (χ1v) is 8.72. The standard InChI is InChI=1S/C14H11BrN2OS2/c1-18-10-4-2-3-8-9(7-19-12(8)10)11-13(15)20-14-16-5-6-17(11)14/h2-4,7H,5-6H2,1H3. The van der Waals surface area contributed by atoms with Gasteiger partial charge in [-0.2, -0.15) is 0 Å². The molecule has 0 amide bonds. The zero-order valence-electron chi connectivity index (χ0n) is 10.7. The Morgan fingerprint density at radius 3 is 3.15 bits per heavy atom. The lowest BCUT2D eigenvalue weighted by atomic mass is 10.1. The van der Waals surface area contributed by atoms with Gasteiger partial charge in [-0.3, -0.25) is 4.99 Å². The summed E-state index contributed by atoms with van der Waals surface area (Å²) < 4.78 is 7.81. The Bertz CT molecular complexity index is 766. The minimum atomic E-state index is 0.886. The smallest absolute Gasteiger partial charge is 0.169 e. The fourth-order valence-corrected chi connectivity index (χ4v) is 5.42. The van der Waals surface area contributed by atoms with Crippen molar-refractivity contribution in [1.82, 2.24) is 4.90 Å². The molecule has 0 unspecified atom stereocenters. The van der Waals surface area contributed by atoms with Crippen molar-refractivity contribution in [2.24, 2.45) is 4.99 Å². The normalized spacial score (nSPS) is 17.9. The van der Waals surface area contributed by atoms with E-state index in [1.807, 2.05) is 12.1 Å². The number of amidine groups is 1. The molecule has 20 heavy (non-hydrogen) atoms. The third kappa shape index (κ3) is 1.75. The molecule has 3 nitrogen and oxygen atoms in total. The van der Waals surface area contributed by atoms with Crippen LogP contribution in [0.5, 0.6) is 5.75 Å². The molecular weight excluding hydrogens is 356 g/mol. The minimum Gasteiger partial charge on any atom is -0.495 e. The van der Waals surface area contributed by atoms with Gasteiger partial charge in [0.2, 0.25) is 0 Å². The number of aliphatic imine (C=N–C) groups is 1. The molecule has 2 aromatic rings. The molecule has 0 atom stereocenters. The molecule has 0 radical (unpaired) electrons. The summed E-state index contributed by atoms with van der Waals surface area (Å²) >= 11 is 7.14. The SMILES string of the molecule is COc1cccc2c(C3=C(Br)SC4=NCCN43)csc12. The lowest BCUT2D eigenvalue weighted by Gasteiger charge is -2.16. The van der Waals surface area contributed by atoms with Crippen molar-refractivity contribution in [2.75, 3.05) is 20.2 Å². The Labute approximate surface area is 133 Å². The van der Waals surface area contributed by atoms with Crippen LogP contribution >= 0.6 is 39.0 Å². The van der Waals surface area contributed by atoms with Crippen molar-refractivity contribution in [3.63, 3.8) is 0 Å². The van der Waals surface area contributed by atoms with Gasteiger partial charge in [0.05, 0.1) is 27.9 Å². The van der Waals surface area contributed by atoms with Crippen molar-refractivity contribution >= 4 is 60.0 Å². The van der Waals surface area contributed by atoms with E-state index in [1.54, 1.807) is 30.2 Å². The average Bonchev–Trinajstić information content (AvgIpc) is 3.12. The highest BCUT2D eigenvalue weighted by Gasteiger charge is 2.33. The Balaban J connectivity index is 1.91. The van der Waals surface area contributed by atoms with Crippen LogP contribution in [-0.2, 0) is 0 Å². The molecule has 2 aliphatic heterocycles. The molecule has 1 aromatic heterocycles. The van der Waals surface area contributed by atoms with Crippen LogP contribution in [0.3, 0.4) is 0 Å². The Morgan fingerprint density at radius 1 is 1.40 bits per heavy atom. The fourth-order valence-electron chi connectivity index (χ4n) is 2.58. The maximum absolute atomic E-state index is 5.46. The molecule has 6 heteroatoms. The molecule has 0 saturated carbocycles. The fraction of sp³-hybridized carbons (Fsp3) is 0.214. The van der Waals surface area contributed by atoms with E-state index in [0.717, 1.165) is 27.8 Å². The van der Waals surface area contributed by atoms with Gasteiger partial charge in [0, 0.05) is 22.9 Å². The van der Waals surface area contributed by atoms with E-state index in [0.29, 0.717) is 0 Å². The number of rotatable bonds is 2. The van der Waals surface area contributed by atoms with Gasteiger partial charge in [0.1, 0.15) is 5.75 Å². The summed E-state index contributed by atoms with van der Waals surface area (Å²) in [5, 5.41) is 4.56. The first-order valence-electron chi connectivity index (χ1n) is 6.24. The van der Waals surface area contributed by atoms with Gasteiger partial charge in [0.25, 0.3) is 0 Å². The van der Waals surface area contributed by atoms with E-state index in [9.17, 15) is 0 Å². The number of benzene rings is 1. The van der Waals surface area contributed by atoms with Gasteiger partial charge >= 0.3 is 0 Å². The largest absolute Gasteiger partial charge is 0.495 e. The first kappa shape index (κ1) is 12.7. The first-order chi connectivity index (χ1) is 9.79. The zero-order chi connectivity index (χ0) is 13.7. The average molecular weight is 367 g/mol. The third-order valence-corrected chi connectivity index (χ3v) is 6.25. The quantitative estimate of drug-likeness (QED) is 0.789. The molecule has 0 aliphatic carbocycles. The highest BCUT2D eigenvalue weighted by molar-refractivity contribution is 9.14. The monoisotopic (exact) mass is 366 g/mol. The second-order valence-electron chi connectivity index (χ2n) is 4.53. The third-order valence-electron chi connectivity index (χ3n) is 3.48. The van der Waals surface area contributed by atoms with E-state index in [4.69, 9.17) is 4.74 Å². The van der Waals surface area contributed by atoms with Gasteiger partial charge in [0.15, 0.2) is 5.17 Å². The molecule has 0 spiro atoms. The number of thiophene rings is 1. The van der Waals surface area contributed by atoms with Crippen LogP contribution in [-0.4, -0.2) is 30.3 Å². The van der Waals surface area contributed by atoms with Crippen LogP contribution in [0.2, 0.25) is 0 Å². The molecule has 0 saturated heterocycles. The highest BCUT2D eigenvalue weighted by atomic mass is 79.9. The van der Waals surface area contributed by atoms with Crippen LogP contribution in [0.15, 0.2) is 32.4 Å². The lowest BCUT2D eigenvalue weighted by Crippen LogP contribution is -2.19. The minimum absolute atomic E-state index is 0.886. The van der Waals surface area contributed by atoms with Gasteiger partial charge in [-0.15, -0.1) is 11.3 Å². The summed E-state index contributed by atoms with van der Waals surface area (Å²) in [6, 6.07) is 6.22. The maximum Gasteiger partial charge on any atom is 0.169 e. The van der Waals surface area contributed by atoms with Crippen LogP contribution in [0.1, 0.15) is 5.56 Å². The highest BCUT2D eigenvalue weighted by Crippen LogP contribution is 2.48. The van der Waals surface area contributed by atoms with Crippen molar-refractivity contribution in [2.45, 2.75) is 0 Å². The molecule has 4 rings (SSSR count). The molecule has 102 valence electrons. The molecule has 0 bridgehead atoms. The number of thioether (sulfide) groups is 1. The predicted octanol–water partition coefficient (Wildman–Crippen LogP) is 4.35. The molecule has 0 N–H and O–H groups in total. The summed E-state index contributed by atoms with van der Waals surface area (Å²) in [5.41, 5.74) is 2.50. The second-order valence-corrected chi connectivity index (χ2v) is 7.70. The Kier molecular flexibility index (Phi) is 3.05. The predicted molar refractivity (Wildman–Crippen MR) is 90.8 cm³/mol. The van der Waals surface area contributed by atoms with Crippen molar-refractivity contribution in [3.05, 3.63) is 33.0 Å². The summed E-state index contributed by atoms with van der Waals surface area (Å²) in [7, 11) is 1.72. The number of fused-ring (bicyclic) bond motifs is 2. The van der Waals surface area contributed by atoms with Crippen LogP contribution in [0.25, 0.3) is 15.8 Å². The van der Waals surface area contributed by atoms with E-state index < -0.39 is 0 Å². The summed E-state index contributed by atoms with van der Waals surface area (Å²) in [5.74, 6) is 0.941. The number of methoxy groups -OCH3 is 1. The number of halogens is 1. The molecule has 2 aliphatic rings. The van der Waals surface area contributed by atoms with Gasteiger partial charge < -0.3 is 9.64 Å². The van der Waals surface area contributed by atoms with E-state index in [-0.39, 0.29) is 0 Å². The Hall–Kier alpha value is -0.980. The topological polar surface area (TPSA) is 24.8 Å². The summed E-state index contributed by atoms with van der Waals surface area (Å²) in [6.07, 6.45) is 0. The number of ether oxygens (including phenoxy) is 1. The van der Waals surface area contributed by atoms with Gasteiger partial charge in [-0.1, -0.05) is 12.1 Å². The van der Waals surface area contributed by atoms with Gasteiger partial charge in [-0.25, -0.2) is 0 Å². The van der Waals surface area contributed by atoms with Crippen molar-refractivity contribution in [3.8, 4) is 5.75 Å². The lowest BCUT2D eigenvalue weighted by molar-refractivity contribution is 0.420. The number of nitrogens with zero attached hydrogens (tertiary/aromatic N) is 2. The van der Waals surface area contributed by atoms with Crippen LogP contribution < -0.4 is 4.74 Å². The van der Waals surface area contributed by atoms with E-state index in [2.05, 4.69) is 37.3 Å². The Morgan fingerprint density at radius 2 is 2.30 bits per heavy atom. The van der Waals surface area contributed by atoms with Gasteiger partial charge in [-0.05, 0) is 33.8 Å². The zero-order valence-corrected chi connectivity index (χ0v) is 13.9. The van der Waals surface area contributed by atoms with E-state index >= 15 is 0 Å². The molecule has 1 aromatic carbocycles. The number of hydrogen-bond acceptors (Lipinski definition) is 5. The molecule has 3 heterocycles. The van der Waals surface area contributed by atoms with Crippen molar-refractivity contribution < 1.29 is 4.74 Å². The van der Waals surface area contributed by atoms with Crippen LogP contribution in [0, 0.1) is 0 Å². The summed E-state index contributed by atoms with van der Waals surface area (Å²) in [6.45, 7) is 1.85. The second kappa shape index (κ2) is 4.79.